The Bertz CT molecular complexity index is 630. The van der Waals surface area contributed by atoms with E-state index in [1.54, 1.807) is 11.3 Å². The van der Waals surface area contributed by atoms with Crippen molar-refractivity contribution in [3.8, 4) is 0 Å². The van der Waals surface area contributed by atoms with E-state index < -0.39 is 0 Å². The number of carbonyl (C=O) groups is 1. The molecule has 1 fully saturated rings. The van der Waals surface area contributed by atoms with Gasteiger partial charge in [0.25, 0.3) is 5.91 Å². The Kier molecular flexibility index (Phi) is 5.13. The van der Waals surface area contributed by atoms with Gasteiger partial charge in [-0.05, 0) is 62.0 Å². The number of carbonyl (C=O) groups excluding carboxylic acids is 1. The highest BCUT2D eigenvalue weighted by Gasteiger charge is 2.19. The van der Waals surface area contributed by atoms with E-state index in [1.807, 2.05) is 30.1 Å². The van der Waals surface area contributed by atoms with Crippen LogP contribution < -0.4 is 0 Å². The Hall–Kier alpha value is -1.65. The van der Waals surface area contributed by atoms with Crippen LogP contribution >= 0.6 is 11.3 Å². The first kappa shape index (κ1) is 16.2. The topological polar surface area (TPSA) is 23.6 Å². The summed E-state index contributed by atoms with van der Waals surface area (Å²) in [5.41, 5.74) is 2.05. The molecular formula is C19H24N2OS. The third-order valence-electron chi connectivity index (χ3n) is 4.66. The number of likely N-dealkylation sites (tertiary alicyclic amines) is 1. The molecule has 1 aromatic heterocycles. The van der Waals surface area contributed by atoms with Crippen molar-refractivity contribution < 1.29 is 4.79 Å². The van der Waals surface area contributed by atoms with Crippen molar-refractivity contribution in [2.24, 2.45) is 0 Å². The molecule has 1 unspecified atom stereocenters. The summed E-state index contributed by atoms with van der Waals surface area (Å²) in [5.74, 6) is 0.0821. The third-order valence-corrected chi connectivity index (χ3v) is 5.70. The molecule has 4 heteroatoms. The third kappa shape index (κ3) is 3.82. The quantitative estimate of drug-likeness (QED) is 0.822. The predicted octanol–water partition coefficient (Wildman–Crippen LogP) is 4.18. The van der Waals surface area contributed by atoms with Gasteiger partial charge in [0.15, 0.2) is 0 Å². The maximum Gasteiger partial charge on any atom is 0.254 e. The minimum atomic E-state index is 0.0821. The van der Waals surface area contributed by atoms with Crippen molar-refractivity contribution in [1.29, 1.82) is 0 Å². The van der Waals surface area contributed by atoms with E-state index in [4.69, 9.17) is 0 Å². The predicted molar refractivity (Wildman–Crippen MR) is 95.8 cm³/mol. The monoisotopic (exact) mass is 328 g/mol. The molecule has 2 heterocycles. The molecule has 23 heavy (non-hydrogen) atoms. The van der Waals surface area contributed by atoms with Crippen LogP contribution in [0.2, 0.25) is 0 Å². The van der Waals surface area contributed by atoms with Crippen LogP contribution in [-0.4, -0.2) is 35.8 Å². The Labute approximate surface area is 142 Å². The molecular weight excluding hydrogens is 304 g/mol. The number of rotatable bonds is 5. The van der Waals surface area contributed by atoms with E-state index in [-0.39, 0.29) is 11.9 Å². The molecule has 0 radical (unpaired) electrons. The lowest BCUT2D eigenvalue weighted by atomic mass is 10.1. The summed E-state index contributed by atoms with van der Waals surface area (Å²) in [6.07, 6.45) is 2.62. The number of hydrogen-bond acceptors (Lipinski definition) is 3. The van der Waals surface area contributed by atoms with Crippen LogP contribution in [0.1, 0.15) is 46.6 Å². The molecule has 1 aromatic carbocycles. The first-order valence-corrected chi connectivity index (χ1v) is 9.15. The van der Waals surface area contributed by atoms with Crippen molar-refractivity contribution in [2.75, 3.05) is 20.1 Å². The Morgan fingerprint density at radius 2 is 1.91 bits per heavy atom. The van der Waals surface area contributed by atoms with Crippen LogP contribution in [0, 0.1) is 0 Å². The summed E-state index contributed by atoms with van der Waals surface area (Å²) in [7, 11) is 1.88. The molecule has 2 aromatic rings. The summed E-state index contributed by atoms with van der Waals surface area (Å²) in [5, 5.41) is 2.05. The smallest absolute Gasteiger partial charge is 0.254 e. The van der Waals surface area contributed by atoms with Gasteiger partial charge in [-0.3, -0.25) is 9.69 Å². The summed E-state index contributed by atoms with van der Waals surface area (Å²) in [6, 6.07) is 12.3. The lowest BCUT2D eigenvalue weighted by Crippen LogP contribution is -2.29. The molecule has 122 valence electrons. The molecule has 0 aliphatic carbocycles. The molecule has 1 saturated heterocycles. The van der Waals surface area contributed by atoms with Gasteiger partial charge in [0, 0.05) is 24.0 Å². The lowest BCUT2D eigenvalue weighted by molar-refractivity contribution is 0.0745. The van der Waals surface area contributed by atoms with Crippen molar-refractivity contribution in [3.63, 3.8) is 0 Å². The zero-order chi connectivity index (χ0) is 16.2. The van der Waals surface area contributed by atoms with Gasteiger partial charge in [-0.15, -0.1) is 11.3 Å². The van der Waals surface area contributed by atoms with Gasteiger partial charge in [-0.25, -0.2) is 0 Å². The Morgan fingerprint density at radius 3 is 2.52 bits per heavy atom. The normalized spacial score (nSPS) is 16.4. The van der Waals surface area contributed by atoms with Crippen LogP contribution in [0.3, 0.4) is 0 Å². The number of benzene rings is 1. The van der Waals surface area contributed by atoms with Crippen LogP contribution in [0.4, 0.5) is 0 Å². The zero-order valence-corrected chi connectivity index (χ0v) is 14.7. The number of nitrogens with zero attached hydrogens (tertiary/aromatic N) is 2. The second kappa shape index (κ2) is 7.28. The SMILES string of the molecule is CC(c1cccs1)N(C)C(=O)c1ccc(CN2CCCC2)cc1. The highest BCUT2D eigenvalue weighted by Crippen LogP contribution is 2.25. The molecule has 0 saturated carbocycles. The van der Waals surface area contributed by atoms with Gasteiger partial charge in [0.2, 0.25) is 0 Å². The fraction of sp³-hybridized carbons (Fsp3) is 0.421. The standard InChI is InChI=1S/C19H24N2OS/c1-15(18-6-5-13-23-18)20(2)19(22)17-9-7-16(8-10-17)14-21-11-3-4-12-21/h5-10,13,15H,3-4,11-12,14H2,1-2H3. The maximum atomic E-state index is 12.7. The van der Waals surface area contributed by atoms with Crippen molar-refractivity contribution in [3.05, 3.63) is 57.8 Å². The average molecular weight is 328 g/mol. The van der Waals surface area contributed by atoms with Gasteiger partial charge in [0.05, 0.1) is 6.04 Å². The van der Waals surface area contributed by atoms with E-state index in [0.29, 0.717) is 0 Å². The van der Waals surface area contributed by atoms with E-state index >= 15 is 0 Å². The van der Waals surface area contributed by atoms with Crippen molar-refractivity contribution in [1.82, 2.24) is 9.80 Å². The van der Waals surface area contributed by atoms with Gasteiger partial charge in [0.1, 0.15) is 0 Å². The summed E-state index contributed by atoms with van der Waals surface area (Å²) < 4.78 is 0. The van der Waals surface area contributed by atoms with Crippen LogP contribution in [0.5, 0.6) is 0 Å². The zero-order valence-electron chi connectivity index (χ0n) is 13.9. The van der Waals surface area contributed by atoms with Gasteiger partial charge in [-0.1, -0.05) is 18.2 Å². The minimum Gasteiger partial charge on any atom is -0.334 e. The Morgan fingerprint density at radius 1 is 1.22 bits per heavy atom. The second-order valence-corrected chi connectivity index (χ2v) is 7.27. The van der Waals surface area contributed by atoms with Crippen LogP contribution in [0.25, 0.3) is 0 Å². The van der Waals surface area contributed by atoms with Gasteiger partial charge < -0.3 is 4.90 Å². The summed E-state index contributed by atoms with van der Waals surface area (Å²) in [6.45, 7) is 5.46. The number of amides is 1. The highest BCUT2D eigenvalue weighted by molar-refractivity contribution is 7.10. The van der Waals surface area contributed by atoms with Crippen molar-refractivity contribution in [2.45, 2.75) is 32.4 Å². The van der Waals surface area contributed by atoms with E-state index in [1.165, 1.54) is 36.4 Å². The molecule has 1 aliphatic heterocycles. The van der Waals surface area contributed by atoms with Crippen molar-refractivity contribution >= 4 is 17.2 Å². The van der Waals surface area contributed by atoms with Crippen LogP contribution in [0.15, 0.2) is 41.8 Å². The molecule has 0 spiro atoms. The van der Waals surface area contributed by atoms with Crippen LogP contribution in [-0.2, 0) is 6.54 Å². The molecule has 1 aliphatic rings. The first-order chi connectivity index (χ1) is 11.1. The largest absolute Gasteiger partial charge is 0.334 e. The van der Waals surface area contributed by atoms with E-state index in [9.17, 15) is 4.79 Å². The highest BCUT2D eigenvalue weighted by atomic mass is 32.1. The Balaban J connectivity index is 1.64. The van der Waals surface area contributed by atoms with Gasteiger partial charge >= 0.3 is 0 Å². The fourth-order valence-electron chi connectivity index (χ4n) is 3.05. The fourth-order valence-corrected chi connectivity index (χ4v) is 3.88. The minimum absolute atomic E-state index is 0.0821. The van der Waals surface area contributed by atoms with Gasteiger partial charge in [-0.2, -0.15) is 0 Å². The lowest BCUT2D eigenvalue weighted by Gasteiger charge is -2.24. The van der Waals surface area contributed by atoms with E-state index in [0.717, 1.165) is 12.1 Å². The number of thiophene rings is 1. The molecule has 3 rings (SSSR count). The molecule has 3 nitrogen and oxygen atoms in total. The maximum absolute atomic E-state index is 12.7. The summed E-state index contributed by atoms with van der Waals surface area (Å²) >= 11 is 1.69. The molecule has 1 atom stereocenters. The second-order valence-electron chi connectivity index (χ2n) is 6.29. The summed E-state index contributed by atoms with van der Waals surface area (Å²) in [4.78, 5) is 18.2. The van der Waals surface area contributed by atoms with E-state index in [2.05, 4.69) is 35.4 Å². The molecule has 0 N–H and O–H groups in total. The number of hydrogen-bond donors (Lipinski definition) is 0. The average Bonchev–Trinajstić information content (AvgIpc) is 3.27. The molecule has 0 bridgehead atoms. The molecule has 1 amide bonds. The first-order valence-electron chi connectivity index (χ1n) is 8.27.